The van der Waals surface area contributed by atoms with Gasteiger partial charge in [0.25, 0.3) is 0 Å². The summed E-state index contributed by atoms with van der Waals surface area (Å²) in [5, 5.41) is 3.94. The number of nitrogens with zero attached hydrogens (tertiary/aromatic N) is 2. The van der Waals surface area contributed by atoms with Gasteiger partial charge in [0, 0.05) is 31.3 Å². The van der Waals surface area contributed by atoms with E-state index in [-0.39, 0.29) is 17.6 Å². The number of rotatable bonds is 4. The number of pyridine rings is 1. The molecule has 0 radical (unpaired) electrons. The predicted octanol–water partition coefficient (Wildman–Crippen LogP) is 2.46. The summed E-state index contributed by atoms with van der Waals surface area (Å²) in [4.78, 5) is 27.4. The van der Waals surface area contributed by atoms with Crippen molar-refractivity contribution in [1.29, 1.82) is 0 Å². The van der Waals surface area contributed by atoms with E-state index in [1.165, 1.54) is 6.92 Å². The highest BCUT2D eigenvalue weighted by Gasteiger charge is 2.28. The smallest absolute Gasteiger partial charge is 0.344 e. The number of carbonyl (C=O) groups is 2. The lowest BCUT2D eigenvalue weighted by Gasteiger charge is -2.13. The predicted molar refractivity (Wildman–Crippen MR) is 83.0 cm³/mol. The van der Waals surface area contributed by atoms with Crippen LogP contribution in [-0.4, -0.2) is 34.3 Å². The minimum Gasteiger partial charge on any atom is -0.458 e. The first-order valence-corrected chi connectivity index (χ1v) is 7.48. The highest BCUT2D eigenvalue weighted by Crippen LogP contribution is 2.27. The summed E-state index contributed by atoms with van der Waals surface area (Å²) in [6.07, 6.45) is 6.21. The fourth-order valence-corrected chi connectivity index (χ4v) is 2.54. The Hall–Kier alpha value is -2.96. The monoisotopic (exact) mass is 328 g/mol. The Labute approximate surface area is 138 Å². The van der Waals surface area contributed by atoms with Gasteiger partial charge in [0.1, 0.15) is 29.2 Å². The molecule has 0 unspecified atom stereocenters. The van der Waals surface area contributed by atoms with Gasteiger partial charge in [-0.1, -0.05) is 5.16 Å². The summed E-state index contributed by atoms with van der Waals surface area (Å²) in [7, 11) is 0. The third kappa shape index (κ3) is 3.34. The molecule has 2 aromatic rings. The third-order valence-electron chi connectivity index (χ3n) is 3.60. The molecule has 0 aliphatic heterocycles. The molecule has 24 heavy (non-hydrogen) atoms. The van der Waals surface area contributed by atoms with Crippen LogP contribution < -0.4 is 0 Å². The molecule has 124 valence electrons. The van der Waals surface area contributed by atoms with Gasteiger partial charge in [-0.05, 0) is 31.2 Å². The number of hydrogen-bond donors (Lipinski definition) is 0. The number of aryl methyl sites for hydroxylation is 1. The quantitative estimate of drug-likeness (QED) is 0.629. The van der Waals surface area contributed by atoms with E-state index in [0.29, 0.717) is 23.4 Å². The van der Waals surface area contributed by atoms with Crippen molar-refractivity contribution in [2.45, 2.75) is 32.5 Å². The van der Waals surface area contributed by atoms with Crippen LogP contribution in [-0.2, 0) is 14.3 Å². The molecule has 0 aromatic carbocycles. The van der Waals surface area contributed by atoms with E-state index in [1.807, 2.05) is 0 Å². The van der Waals surface area contributed by atoms with Gasteiger partial charge < -0.3 is 14.0 Å². The van der Waals surface area contributed by atoms with Gasteiger partial charge in [0.15, 0.2) is 0 Å². The Morgan fingerprint density at radius 3 is 2.50 bits per heavy atom. The van der Waals surface area contributed by atoms with Crippen LogP contribution in [0.3, 0.4) is 0 Å². The van der Waals surface area contributed by atoms with Gasteiger partial charge in [0.05, 0.1) is 0 Å². The molecule has 3 rings (SSSR count). The van der Waals surface area contributed by atoms with Crippen molar-refractivity contribution in [1.82, 2.24) is 10.1 Å². The van der Waals surface area contributed by atoms with Crippen LogP contribution in [0.2, 0.25) is 0 Å². The zero-order valence-electron chi connectivity index (χ0n) is 13.3. The standard InChI is InChI=1S/C17H16N2O5/c1-10-15(16(19-24-10)12-5-7-18-8-6-12)17(21)23-14-4-3-13(9-14)22-11(2)20/h3-8,13-14H,9H2,1-2H3/t13-,14+/m0/s1. The second kappa shape index (κ2) is 6.66. The van der Waals surface area contributed by atoms with Crippen molar-refractivity contribution in [3.05, 3.63) is 48.0 Å². The fraction of sp³-hybridized carbons (Fsp3) is 0.294. The van der Waals surface area contributed by atoms with E-state index in [9.17, 15) is 9.59 Å². The van der Waals surface area contributed by atoms with Gasteiger partial charge >= 0.3 is 11.9 Å². The summed E-state index contributed by atoms with van der Waals surface area (Å²) in [5.74, 6) is -0.518. The first-order chi connectivity index (χ1) is 11.5. The van der Waals surface area contributed by atoms with E-state index < -0.39 is 12.1 Å². The number of aromatic nitrogens is 2. The maximum Gasteiger partial charge on any atom is 0.344 e. The van der Waals surface area contributed by atoms with E-state index in [4.69, 9.17) is 14.0 Å². The molecule has 0 fully saturated rings. The zero-order valence-corrected chi connectivity index (χ0v) is 13.3. The topological polar surface area (TPSA) is 91.5 Å². The summed E-state index contributed by atoms with van der Waals surface area (Å²) in [6, 6.07) is 3.47. The van der Waals surface area contributed by atoms with Crippen LogP contribution in [0.15, 0.2) is 41.2 Å². The molecule has 7 heteroatoms. The summed E-state index contributed by atoms with van der Waals surface area (Å²) >= 11 is 0. The Bertz CT molecular complexity index is 782. The van der Waals surface area contributed by atoms with Crippen molar-refractivity contribution >= 4 is 11.9 Å². The fourth-order valence-electron chi connectivity index (χ4n) is 2.54. The SMILES string of the molecule is CC(=O)O[C@H]1C=C[C@@H](OC(=O)c2c(-c3ccncc3)noc2C)C1. The second-order valence-electron chi connectivity index (χ2n) is 5.41. The average Bonchev–Trinajstić information content (AvgIpc) is 3.14. The number of ether oxygens (including phenoxy) is 2. The molecule has 2 heterocycles. The minimum absolute atomic E-state index is 0.283. The molecule has 1 aliphatic carbocycles. The molecule has 0 amide bonds. The molecule has 2 aromatic heterocycles. The van der Waals surface area contributed by atoms with E-state index in [1.54, 1.807) is 43.6 Å². The van der Waals surface area contributed by atoms with Crippen LogP contribution in [0.4, 0.5) is 0 Å². The van der Waals surface area contributed by atoms with Gasteiger partial charge in [-0.3, -0.25) is 9.78 Å². The number of hydrogen-bond acceptors (Lipinski definition) is 7. The molecule has 0 spiro atoms. The van der Waals surface area contributed by atoms with Gasteiger partial charge in [0.2, 0.25) is 0 Å². The Kier molecular flexibility index (Phi) is 4.41. The zero-order chi connectivity index (χ0) is 17.1. The van der Waals surface area contributed by atoms with E-state index in [2.05, 4.69) is 10.1 Å². The molecule has 0 bridgehead atoms. The van der Waals surface area contributed by atoms with Crippen molar-refractivity contribution in [3.63, 3.8) is 0 Å². The lowest BCUT2D eigenvalue weighted by atomic mass is 10.1. The summed E-state index contributed by atoms with van der Waals surface area (Å²) in [6.45, 7) is 3.00. The average molecular weight is 328 g/mol. The van der Waals surface area contributed by atoms with E-state index >= 15 is 0 Å². The van der Waals surface area contributed by atoms with Crippen LogP contribution in [0, 0.1) is 6.92 Å². The molecular formula is C17H16N2O5. The maximum atomic E-state index is 12.5. The minimum atomic E-state index is -0.529. The Morgan fingerprint density at radius 2 is 1.83 bits per heavy atom. The second-order valence-corrected chi connectivity index (χ2v) is 5.41. The van der Waals surface area contributed by atoms with Crippen molar-refractivity contribution in [2.75, 3.05) is 0 Å². The number of esters is 2. The lowest BCUT2D eigenvalue weighted by Crippen LogP contribution is -2.19. The normalized spacial score (nSPS) is 19.2. The third-order valence-corrected chi connectivity index (χ3v) is 3.60. The summed E-state index contributed by atoms with van der Waals surface area (Å²) < 4.78 is 15.7. The number of carbonyl (C=O) groups excluding carboxylic acids is 2. The molecule has 1 aliphatic rings. The molecular weight excluding hydrogens is 312 g/mol. The lowest BCUT2D eigenvalue weighted by molar-refractivity contribution is -0.144. The van der Waals surface area contributed by atoms with Gasteiger partial charge in [-0.25, -0.2) is 4.79 Å². The van der Waals surface area contributed by atoms with Gasteiger partial charge in [-0.15, -0.1) is 0 Å². The molecule has 0 N–H and O–H groups in total. The van der Waals surface area contributed by atoms with Crippen molar-refractivity contribution in [3.8, 4) is 11.3 Å². The first kappa shape index (κ1) is 15.9. The van der Waals surface area contributed by atoms with Gasteiger partial charge in [-0.2, -0.15) is 0 Å². The maximum absolute atomic E-state index is 12.5. The van der Waals surface area contributed by atoms with E-state index in [0.717, 1.165) is 0 Å². The first-order valence-electron chi connectivity index (χ1n) is 7.48. The highest BCUT2D eigenvalue weighted by atomic mass is 16.6. The summed E-state index contributed by atoms with van der Waals surface area (Å²) in [5.41, 5.74) is 1.41. The van der Waals surface area contributed by atoms with Crippen molar-refractivity contribution in [2.24, 2.45) is 0 Å². The highest BCUT2D eigenvalue weighted by molar-refractivity contribution is 5.97. The van der Waals surface area contributed by atoms with Crippen LogP contribution >= 0.6 is 0 Å². The molecule has 0 saturated carbocycles. The Morgan fingerprint density at radius 1 is 1.17 bits per heavy atom. The van der Waals surface area contributed by atoms with Crippen molar-refractivity contribution < 1.29 is 23.6 Å². The molecule has 0 saturated heterocycles. The molecule has 2 atom stereocenters. The van der Waals surface area contributed by atoms with Crippen LogP contribution in [0.5, 0.6) is 0 Å². The Balaban J connectivity index is 1.74. The largest absolute Gasteiger partial charge is 0.458 e. The molecule has 7 nitrogen and oxygen atoms in total. The van der Waals surface area contributed by atoms with Crippen LogP contribution in [0.25, 0.3) is 11.3 Å². The van der Waals surface area contributed by atoms with Crippen LogP contribution in [0.1, 0.15) is 29.5 Å².